The highest BCUT2D eigenvalue weighted by Gasteiger charge is 2.29. The van der Waals surface area contributed by atoms with Crippen LogP contribution in [0.1, 0.15) is 30.9 Å². The van der Waals surface area contributed by atoms with E-state index in [1.807, 2.05) is 0 Å². The van der Waals surface area contributed by atoms with Gasteiger partial charge in [-0.15, -0.1) is 0 Å². The van der Waals surface area contributed by atoms with Crippen LogP contribution in [0, 0.1) is 11.6 Å². The lowest BCUT2D eigenvalue weighted by Crippen LogP contribution is -2.35. The molecule has 1 aromatic heterocycles. The number of nitrogens with zero attached hydrogens (tertiary/aromatic N) is 3. The minimum Gasteiger partial charge on any atom is -0.473 e. The fourth-order valence-electron chi connectivity index (χ4n) is 4.46. The highest BCUT2D eigenvalue weighted by molar-refractivity contribution is 7.89. The number of anilines is 2. The molecule has 3 heterocycles. The molecule has 0 bridgehead atoms. The van der Waals surface area contributed by atoms with Crippen LogP contribution in [0.2, 0.25) is 0 Å². The Bertz CT molecular complexity index is 1410. The number of morpholine rings is 1. The summed E-state index contributed by atoms with van der Waals surface area (Å²) in [4.78, 5) is 19.9. The number of aromatic nitrogens is 1. The molecule has 1 amide bonds. The van der Waals surface area contributed by atoms with Crippen molar-refractivity contribution >= 4 is 37.4 Å². The molecule has 1 N–H and O–H groups in total. The molecule has 0 radical (unpaired) electrons. The van der Waals surface area contributed by atoms with Gasteiger partial charge in [0.1, 0.15) is 10.8 Å². The molecule has 39 heavy (non-hydrogen) atoms. The van der Waals surface area contributed by atoms with Gasteiger partial charge in [0.05, 0.1) is 24.3 Å². The Morgan fingerprint density at radius 3 is 2.44 bits per heavy atom. The van der Waals surface area contributed by atoms with Gasteiger partial charge >= 0.3 is 0 Å². The highest BCUT2D eigenvalue weighted by Crippen LogP contribution is 2.31. The average Bonchev–Trinajstić information content (AvgIpc) is 3.42. The molecule has 2 saturated heterocycles. The Hall–Kier alpha value is -3.13. The Kier molecular flexibility index (Phi) is 8.40. The summed E-state index contributed by atoms with van der Waals surface area (Å²) in [5.74, 6) is -2.73. The van der Waals surface area contributed by atoms with Gasteiger partial charge in [-0.3, -0.25) is 10.1 Å². The molecular weight excluding hydrogens is 550 g/mol. The van der Waals surface area contributed by atoms with E-state index < -0.39 is 33.7 Å². The van der Waals surface area contributed by atoms with Gasteiger partial charge in [0.2, 0.25) is 16.1 Å². The summed E-state index contributed by atoms with van der Waals surface area (Å²) in [7, 11) is -3.68. The van der Waals surface area contributed by atoms with Crippen LogP contribution in [0.3, 0.4) is 0 Å². The molecular formula is C26H28F2N4O5S2. The van der Waals surface area contributed by atoms with Crippen LogP contribution >= 0.6 is 11.3 Å². The maximum Gasteiger partial charge on any atom is 0.271 e. The Morgan fingerprint density at radius 1 is 1.03 bits per heavy atom. The second kappa shape index (κ2) is 11.9. The van der Waals surface area contributed by atoms with E-state index in [4.69, 9.17) is 9.47 Å². The smallest absolute Gasteiger partial charge is 0.271 e. The topological polar surface area (TPSA) is 101 Å². The van der Waals surface area contributed by atoms with Gasteiger partial charge in [0.15, 0.2) is 16.7 Å². The van der Waals surface area contributed by atoms with Crippen molar-refractivity contribution in [2.75, 3.05) is 49.6 Å². The van der Waals surface area contributed by atoms with Gasteiger partial charge in [-0.05, 0) is 37.1 Å². The van der Waals surface area contributed by atoms with E-state index in [1.165, 1.54) is 39.9 Å². The first-order valence-corrected chi connectivity index (χ1v) is 14.9. The number of nitrogens with one attached hydrogen (secondary N) is 1. The lowest BCUT2D eigenvalue weighted by atomic mass is 10.1. The van der Waals surface area contributed by atoms with Crippen LogP contribution in [0.4, 0.5) is 18.9 Å². The lowest BCUT2D eigenvalue weighted by molar-refractivity contribution is -0.123. The van der Waals surface area contributed by atoms with E-state index >= 15 is 0 Å². The summed E-state index contributed by atoms with van der Waals surface area (Å²) in [6, 6.07) is 8.52. The summed E-state index contributed by atoms with van der Waals surface area (Å²) in [5, 5.41) is 3.89. The van der Waals surface area contributed by atoms with Crippen molar-refractivity contribution in [3.8, 4) is 5.75 Å². The SMILES string of the molecule is O=C(Nc1ncc(N2CCOCC2)s1)C(Oc1ccc(F)cc1F)c1ccc(S(=O)(=O)N2CCCCC2)cc1. The van der Waals surface area contributed by atoms with Gasteiger partial charge < -0.3 is 14.4 Å². The van der Waals surface area contributed by atoms with E-state index in [2.05, 4.69) is 15.2 Å². The maximum absolute atomic E-state index is 14.4. The van der Waals surface area contributed by atoms with Crippen LogP contribution < -0.4 is 15.0 Å². The number of benzene rings is 2. The summed E-state index contributed by atoms with van der Waals surface area (Å²) in [5.41, 5.74) is 0.291. The van der Waals surface area contributed by atoms with Crippen LogP contribution in [0.25, 0.3) is 0 Å². The Labute approximate surface area is 229 Å². The normalized spacial score (nSPS) is 17.5. The van der Waals surface area contributed by atoms with Crippen LogP contribution in [0.15, 0.2) is 53.6 Å². The first-order valence-electron chi connectivity index (χ1n) is 12.6. The highest BCUT2D eigenvalue weighted by atomic mass is 32.2. The summed E-state index contributed by atoms with van der Waals surface area (Å²) in [6.45, 7) is 3.53. The zero-order chi connectivity index (χ0) is 27.4. The Morgan fingerprint density at radius 2 is 1.74 bits per heavy atom. The van der Waals surface area contributed by atoms with E-state index in [-0.39, 0.29) is 10.6 Å². The molecule has 208 valence electrons. The molecule has 2 aromatic carbocycles. The van der Waals surface area contributed by atoms with E-state index in [9.17, 15) is 22.0 Å². The number of piperidine rings is 1. The molecule has 5 rings (SSSR count). The van der Waals surface area contributed by atoms with Gasteiger partial charge in [0, 0.05) is 37.8 Å². The number of rotatable bonds is 8. The molecule has 2 fully saturated rings. The third-order valence-electron chi connectivity index (χ3n) is 6.56. The van der Waals surface area contributed by atoms with Crippen molar-refractivity contribution in [1.29, 1.82) is 0 Å². The zero-order valence-electron chi connectivity index (χ0n) is 21.0. The second-order valence-electron chi connectivity index (χ2n) is 9.20. The molecule has 9 nitrogen and oxygen atoms in total. The number of ether oxygens (including phenoxy) is 2. The van der Waals surface area contributed by atoms with E-state index in [0.29, 0.717) is 56.2 Å². The largest absolute Gasteiger partial charge is 0.473 e. The van der Waals surface area contributed by atoms with E-state index in [1.54, 1.807) is 6.20 Å². The maximum atomic E-state index is 14.4. The lowest BCUT2D eigenvalue weighted by Gasteiger charge is -2.26. The molecule has 0 saturated carbocycles. The molecule has 0 aliphatic carbocycles. The number of sulfonamides is 1. The molecule has 2 aliphatic heterocycles. The predicted molar refractivity (Wildman–Crippen MR) is 143 cm³/mol. The van der Waals surface area contributed by atoms with E-state index in [0.717, 1.165) is 36.4 Å². The first kappa shape index (κ1) is 27.4. The second-order valence-corrected chi connectivity index (χ2v) is 12.1. The van der Waals surface area contributed by atoms with Crippen molar-refractivity contribution in [2.24, 2.45) is 0 Å². The predicted octanol–water partition coefficient (Wildman–Crippen LogP) is 4.19. The van der Waals surface area contributed by atoms with Gasteiger partial charge in [-0.25, -0.2) is 22.2 Å². The average molecular weight is 579 g/mol. The summed E-state index contributed by atoms with van der Waals surface area (Å²) >= 11 is 1.28. The molecule has 1 unspecified atom stereocenters. The quantitative estimate of drug-likeness (QED) is 0.428. The first-order chi connectivity index (χ1) is 18.8. The van der Waals surface area contributed by atoms with Crippen molar-refractivity contribution in [1.82, 2.24) is 9.29 Å². The van der Waals surface area contributed by atoms with Gasteiger partial charge in [0.25, 0.3) is 5.91 Å². The minimum absolute atomic E-state index is 0.0929. The standard InChI is InChI=1S/C26H28F2N4O5S2/c27-19-6-9-22(21(28)16-19)37-24(25(33)30-26-29-17-23(38-26)31-12-14-36-15-13-31)18-4-7-20(8-5-18)39(34,35)32-10-2-1-3-11-32/h4-9,16-17,24H,1-3,10-15H2,(H,29,30,33). The van der Waals surface area contributed by atoms with Crippen molar-refractivity contribution < 1.29 is 31.5 Å². The summed E-state index contributed by atoms with van der Waals surface area (Å²) in [6.07, 6.45) is 2.89. The van der Waals surface area contributed by atoms with Gasteiger partial charge in [-0.1, -0.05) is 29.9 Å². The third kappa shape index (κ3) is 6.38. The third-order valence-corrected chi connectivity index (χ3v) is 9.45. The number of hydrogen-bond donors (Lipinski definition) is 1. The minimum atomic E-state index is -3.68. The number of halogens is 2. The molecule has 3 aromatic rings. The van der Waals surface area contributed by atoms with Gasteiger partial charge in [-0.2, -0.15) is 4.31 Å². The van der Waals surface area contributed by atoms with Crippen LogP contribution in [-0.4, -0.2) is 63.0 Å². The fourth-order valence-corrected chi connectivity index (χ4v) is 6.85. The summed E-state index contributed by atoms with van der Waals surface area (Å²) < 4.78 is 66.6. The van der Waals surface area contributed by atoms with Crippen molar-refractivity contribution in [2.45, 2.75) is 30.3 Å². The molecule has 1 atom stereocenters. The fraction of sp³-hybridized carbons (Fsp3) is 0.385. The zero-order valence-corrected chi connectivity index (χ0v) is 22.6. The number of thiazole rings is 1. The molecule has 0 spiro atoms. The monoisotopic (exact) mass is 578 g/mol. The van der Waals surface area contributed by atoms with Crippen molar-refractivity contribution in [3.05, 3.63) is 65.9 Å². The number of hydrogen-bond acceptors (Lipinski definition) is 8. The molecule has 2 aliphatic rings. The van der Waals surface area contributed by atoms with Crippen LogP contribution in [-0.2, 0) is 19.6 Å². The van der Waals surface area contributed by atoms with Crippen molar-refractivity contribution in [3.63, 3.8) is 0 Å². The number of carbonyl (C=O) groups is 1. The number of amides is 1. The Balaban J connectivity index is 1.39. The van der Waals surface area contributed by atoms with Crippen LogP contribution in [0.5, 0.6) is 5.75 Å². The number of carbonyl (C=O) groups excluding carboxylic acids is 1. The molecule has 13 heteroatoms.